The van der Waals surface area contributed by atoms with Crippen LogP contribution in [0.15, 0.2) is 0 Å². The van der Waals surface area contributed by atoms with Gasteiger partial charge in [-0.15, -0.1) is 0 Å². The summed E-state index contributed by atoms with van der Waals surface area (Å²) in [6.45, 7) is 0. The van der Waals surface area contributed by atoms with Crippen molar-refractivity contribution in [1.29, 1.82) is 0 Å². The molecule has 0 atom stereocenters. The summed E-state index contributed by atoms with van der Waals surface area (Å²) >= 11 is 14.8. The van der Waals surface area contributed by atoms with Crippen molar-refractivity contribution in [2.24, 2.45) is 0 Å². The maximum Gasteiger partial charge on any atom is 0.226 e. The lowest BCUT2D eigenvalue weighted by molar-refractivity contribution is 0.965. The van der Waals surface area contributed by atoms with Crippen LogP contribution in [0.4, 0.5) is 0 Å². The molecular weight excluding hydrogens is 193 g/mol. The van der Waals surface area contributed by atoms with Gasteiger partial charge in [0.2, 0.25) is 10.6 Å². The summed E-state index contributed by atoms with van der Waals surface area (Å²) in [6.07, 6.45) is 0. The Morgan fingerprint density at radius 3 is 2.00 bits per heavy atom. The maximum absolute atomic E-state index is 5.45. The summed E-state index contributed by atoms with van der Waals surface area (Å²) < 4.78 is 0. The van der Waals surface area contributed by atoms with Gasteiger partial charge in [-0.2, -0.15) is 17.6 Å². The molecule has 0 saturated heterocycles. The van der Waals surface area contributed by atoms with Crippen molar-refractivity contribution in [1.82, 2.24) is 15.0 Å². The number of hydrogen-bond donors (Lipinski definition) is 1. The molecule has 1 heterocycles. The molecule has 0 aliphatic heterocycles. The smallest absolute Gasteiger partial charge is 0.202 e. The molecule has 3 nitrogen and oxygen atoms in total. The predicted octanol–water partition coefficient (Wildman–Crippen LogP) is 1.61. The zero-order valence-electron chi connectivity index (χ0n) is 4.75. The van der Waals surface area contributed by atoms with Gasteiger partial charge in [0.1, 0.15) is 5.82 Å². The molecule has 0 saturated carbocycles. The summed E-state index contributed by atoms with van der Waals surface area (Å²) in [5, 5.41) is 0.202. The van der Waals surface area contributed by atoms with Gasteiger partial charge < -0.3 is 0 Å². The summed E-state index contributed by atoms with van der Waals surface area (Å²) in [5.74, 6) is 0.885. The normalized spacial score (nSPS) is 9.90. The van der Waals surface area contributed by atoms with Crippen molar-refractivity contribution in [2.75, 3.05) is 0 Å². The van der Waals surface area contributed by atoms with E-state index in [1.807, 2.05) is 0 Å². The largest absolute Gasteiger partial charge is 0.226 e. The number of halogens is 2. The first-order valence-corrected chi connectivity index (χ1v) is 3.78. The van der Waals surface area contributed by atoms with E-state index in [0.29, 0.717) is 11.6 Å². The highest BCUT2D eigenvalue weighted by atomic mass is 35.5. The monoisotopic (exact) mass is 195 g/mol. The molecule has 1 aromatic heterocycles. The summed E-state index contributed by atoms with van der Waals surface area (Å²) in [5.41, 5.74) is 0. The third-order valence-electron chi connectivity index (χ3n) is 0.769. The van der Waals surface area contributed by atoms with Gasteiger partial charge in [0.15, 0.2) is 0 Å². The van der Waals surface area contributed by atoms with E-state index in [9.17, 15) is 0 Å². The first-order valence-electron chi connectivity index (χ1n) is 2.39. The molecule has 0 N–H and O–H groups in total. The van der Waals surface area contributed by atoms with Crippen LogP contribution >= 0.6 is 35.8 Å². The van der Waals surface area contributed by atoms with Gasteiger partial charge in [-0.25, -0.2) is 9.97 Å². The highest BCUT2D eigenvalue weighted by Crippen LogP contribution is 2.06. The Morgan fingerprint density at radius 2 is 1.60 bits per heavy atom. The van der Waals surface area contributed by atoms with E-state index in [2.05, 4.69) is 27.6 Å². The molecule has 0 spiro atoms. The Balaban J connectivity index is 3.06. The fourth-order valence-corrected chi connectivity index (χ4v) is 0.975. The molecule has 6 heteroatoms. The highest BCUT2D eigenvalue weighted by molar-refractivity contribution is 7.79. The molecule has 0 fully saturated rings. The molecule has 0 aromatic carbocycles. The second-order valence-corrected chi connectivity index (χ2v) is 2.44. The highest BCUT2D eigenvalue weighted by Gasteiger charge is 1.99. The Hall–Kier alpha value is -0.0600. The summed E-state index contributed by atoms with van der Waals surface area (Å²) in [7, 11) is 0. The van der Waals surface area contributed by atoms with Crippen molar-refractivity contribution in [2.45, 2.75) is 5.75 Å². The Morgan fingerprint density at radius 1 is 1.10 bits per heavy atom. The Kier molecular flexibility index (Phi) is 2.71. The van der Waals surface area contributed by atoms with Gasteiger partial charge in [-0.3, -0.25) is 0 Å². The molecular formula is C4H3Cl2N3S. The van der Waals surface area contributed by atoms with E-state index < -0.39 is 0 Å². The van der Waals surface area contributed by atoms with Crippen LogP contribution in [0.3, 0.4) is 0 Å². The van der Waals surface area contributed by atoms with Crippen LogP contribution < -0.4 is 0 Å². The van der Waals surface area contributed by atoms with Crippen molar-refractivity contribution >= 4 is 35.8 Å². The zero-order valence-corrected chi connectivity index (χ0v) is 7.16. The number of thiol groups is 1. The minimum Gasteiger partial charge on any atom is -0.202 e. The van der Waals surface area contributed by atoms with Crippen LogP contribution in [0.5, 0.6) is 0 Å². The molecule has 1 aromatic rings. The third-order valence-corrected chi connectivity index (χ3v) is 1.39. The average Bonchev–Trinajstić information content (AvgIpc) is 1.85. The van der Waals surface area contributed by atoms with Crippen molar-refractivity contribution in [3.63, 3.8) is 0 Å². The standard InChI is InChI=1S/C4H3Cl2N3S/c5-3-7-2(1-10)8-4(6)9-3/h10H,1H2. The third kappa shape index (κ3) is 1.97. The average molecular weight is 196 g/mol. The first-order chi connectivity index (χ1) is 4.72. The first kappa shape index (κ1) is 8.04. The number of aromatic nitrogens is 3. The van der Waals surface area contributed by atoms with Crippen LogP contribution in [-0.2, 0) is 5.75 Å². The molecule has 1 rings (SSSR count). The van der Waals surface area contributed by atoms with E-state index in [1.165, 1.54) is 0 Å². The minimum absolute atomic E-state index is 0.101. The predicted molar refractivity (Wildman–Crippen MR) is 42.5 cm³/mol. The van der Waals surface area contributed by atoms with E-state index in [-0.39, 0.29) is 10.6 Å². The van der Waals surface area contributed by atoms with Crippen LogP contribution in [-0.4, -0.2) is 15.0 Å². The summed E-state index contributed by atoms with van der Waals surface area (Å²) in [6, 6.07) is 0. The van der Waals surface area contributed by atoms with Crippen LogP contribution in [0.2, 0.25) is 10.6 Å². The van der Waals surface area contributed by atoms with E-state index >= 15 is 0 Å². The topological polar surface area (TPSA) is 38.7 Å². The fourth-order valence-electron chi connectivity index (χ4n) is 0.435. The molecule has 0 radical (unpaired) electrons. The van der Waals surface area contributed by atoms with Gasteiger partial charge in [-0.05, 0) is 23.2 Å². The number of nitrogens with zero attached hydrogens (tertiary/aromatic N) is 3. The molecule has 0 bridgehead atoms. The zero-order chi connectivity index (χ0) is 7.56. The quantitative estimate of drug-likeness (QED) is 0.693. The Labute approximate surface area is 73.2 Å². The Bertz CT molecular complexity index is 222. The second-order valence-electron chi connectivity index (χ2n) is 1.45. The van der Waals surface area contributed by atoms with Crippen molar-refractivity contribution in [3.05, 3.63) is 16.4 Å². The lowest BCUT2D eigenvalue weighted by Crippen LogP contribution is -1.94. The molecule has 10 heavy (non-hydrogen) atoms. The van der Waals surface area contributed by atoms with Crippen LogP contribution in [0, 0.1) is 0 Å². The SMILES string of the molecule is SCc1nc(Cl)nc(Cl)n1. The van der Waals surface area contributed by atoms with Crippen molar-refractivity contribution < 1.29 is 0 Å². The number of rotatable bonds is 1. The van der Waals surface area contributed by atoms with E-state index in [4.69, 9.17) is 23.2 Å². The van der Waals surface area contributed by atoms with E-state index in [1.54, 1.807) is 0 Å². The van der Waals surface area contributed by atoms with Gasteiger partial charge in [0, 0.05) is 0 Å². The lowest BCUT2D eigenvalue weighted by atomic mass is 10.7. The lowest BCUT2D eigenvalue weighted by Gasteiger charge is -1.93. The van der Waals surface area contributed by atoms with Gasteiger partial charge in [0.25, 0.3) is 0 Å². The maximum atomic E-state index is 5.45. The van der Waals surface area contributed by atoms with Crippen molar-refractivity contribution in [3.8, 4) is 0 Å². The molecule has 0 aliphatic carbocycles. The molecule has 0 unspecified atom stereocenters. The van der Waals surface area contributed by atoms with E-state index in [0.717, 1.165) is 0 Å². The second kappa shape index (κ2) is 3.37. The van der Waals surface area contributed by atoms with Gasteiger partial charge >= 0.3 is 0 Å². The van der Waals surface area contributed by atoms with Gasteiger partial charge in [-0.1, -0.05) is 0 Å². The summed E-state index contributed by atoms with van der Waals surface area (Å²) in [4.78, 5) is 11.0. The molecule has 54 valence electrons. The molecule has 0 amide bonds. The fraction of sp³-hybridized carbons (Fsp3) is 0.250. The van der Waals surface area contributed by atoms with Crippen LogP contribution in [0.1, 0.15) is 5.82 Å². The molecule has 0 aliphatic rings. The van der Waals surface area contributed by atoms with Gasteiger partial charge in [0.05, 0.1) is 5.75 Å². The minimum atomic E-state index is 0.101. The number of hydrogen-bond acceptors (Lipinski definition) is 4. The van der Waals surface area contributed by atoms with Crippen LogP contribution in [0.25, 0.3) is 0 Å².